The minimum absolute atomic E-state index is 0.0301. The number of benzene rings is 2. The molecule has 14 heteroatoms. The predicted octanol–water partition coefficient (Wildman–Crippen LogP) is 4.35. The fourth-order valence-electron chi connectivity index (χ4n) is 3.37. The van der Waals surface area contributed by atoms with E-state index in [0.29, 0.717) is 10.5 Å². The van der Waals surface area contributed by atoms with Gasteiger partial charge in [0.05, 0.1) is 17.8 Å². The van der Waals surface area contributed by atoms with Gasteiger partial charge in [-0.2, -0.15) is 0 Å². The molecule has 0 aromatic heterocycles. The number of anilines is 1. The summed E-state index contributed by atoms with van der Waals surface area (Å²) in [6.07, 6.45) is -5.71. The predicted molar refractivity (Wildman–Crippen MR) is 127 cm³/mol. The van der Waals surface area contributed by atoms with Crippen molar-refractivity contribution in [2.75, 3.05) is 10.7 Å². The number of nitrogens with zero attached hydrogens (tertiary/aromatic N) is 2. The second kappa shape index (κ2) is 10.7. The number of rotatable bonds is 5. The van der Waals surface area contributed by atoms with E-state index in [4.69, 9.17) is 15.7 Å². The van der Waals surface area contributed by atoms with Crippen molar-refractivity contribution in [1.82, 2.24) is 5.32 Å². The molecular weight excluding hydrogens is 520 g/mol. The highest BCUT2D eigenvalue weighted by Crippen LogP contribution is 2.37. The van der Waals surface area contributed by atoms with Gasteiger partial charge in [-0.3, -0.25) is 4.79 Å². The van der Waals surface area contributed by atoms with E-state index in [0.717, 1.165) is 30.0 Å². The number of oxime groups is 1. The van der Waals surface area contributed by atoms with Gasteiger partial charge >= 0.3 is 12.5 Å². The normalized spacial score (nSPS) is 16.6. The number of alkyl carbamates (subject to hydrolysis) is 1. The van der Waals surface area contributed by atoms with Gasteiger partial charge in [-0.05, 0) is 50.6 Å². The Morgan fingerprint density at radius 3 is 2.46 bits per heavy atom. The van der Waals surface area contributed by atoms with Gasteiger partial charge in [-0.15, -0.1) is 24.9 Å². The molecule has 1 aliphatic heterocycles. The van der Waals surface area contributed by atoms with Crippen LogP contribution in [0.3, 0.4) is 0 Å². The molecule has 0 fully saturated rings. The fourth-order valence-corrected chi connectivity index (χ4v) is 4.44. The van der Waals surface area contributed by atoms with Crippen molar-refractivity contribution < 1.29 is 41.8 Å². The number of amidine groups is 1. The third kappa shape index (κ3) is 7.41. The first-order chi connectivity index (χ1) is 17.2. The van der Waals surface area contributed by atoms with Crippen LogP contribution in [0.4, 0.5) is 28.0 Å². The fraction of sp³-hybridized carbons (Fsp3) is 0.348. The monoisotopic (exact) mass is 544 g/mol. The number of hydrogen-bond acceptors (Lipinski definition) is 7. The van der Waals surface area contributed by atoms with Crippen molar-refractivity contribution in [3.8, 4) is 5.75 Å². The van der Waals surface area contributed by atoms with Crippen LogP contribution in [-0.4, -0.2) is 46.8 Å². The molecule has 0 aliphatic carbocycles. The lowest BCUT2D eigenvalue weighted by Gasteiger charge is -2.27. The molecule has 0 bridgehead atoms. The zero-order valence-electron chi connectivity index (χ0n) is 19.9. The molecule has 2 aromatic carbocycles. The third-order valence-electron chi connectivity index (χ3n) is 4.88. The van der Waals surface area contributed by atoms with E-state index < -0.39 is 47.4 Å². The highest BCUT2D eigenvalue weighted by atomic mass is 32.2. The Bertz CT molecular complexity index is 1200. The van der Waals surface area contributed by atoms with Crippen molar-refractivity contribution in [2.45, 2.75) is 50.2 Å². The molecule has 0 radical (unpaired) electrons. The highest BCUT2D eigenvalue weighted by Gasteiger charge is 2.35. The quantitative estimate of drug-likeness (QED) is 0.168. The number of halogens is 4. The minimum Gasteiger partial charge on any atom is -0.444 e. The number of hydrogen-bond donors (Lipinski definition) is 3. The SMILES string of the molecule is CC(C)(C)OC(=O)N[C@H]1CSc2cc(F)c(/C(N)=N/O)cc2N(Cc2ccc(OC(F)(F)F)cc2)C1=O. The van der Waals surface area contributed by atoms with E-state index in [-0.39, 0.29) is 23.5 Å². The van der Waals surface area contributed by atoms with E-state index in [1.807, 2.05) is 0 Å². The molecule has 1 atom stereocenters. The van der Waals surface area contributed by atoms with Crippen molar-refractivity contribution in [1.29, 1.82) is 0 Å². The Morgan fingerprint density at radius 2 is 1.89 bits per heavy atom. The molecule has 3 rings (SSSR count). The number of fused-ring (bicyclic) bond motifs is 1. The highest BCUT2D eigenvalue weighted by molar-refractivity contribution is 7.99. The number of carbonyl (C=O) groups is 2. The van der Waals surface area contributed by atoms with Crippen LogP contribution in [0.2, 0.25) is 0 Å². The Hall–Kier alpha value is -3.68. The van der Waals surface area contributed by atoms with Crippen LogP contribution in [0, 0.1) is 5.82 Å². The molecule has 37 heavy (non-hydrogen) atoms. The molecule has 0 unspecified atom stereocenters. The van der Waals surface area contributed by atoms with Gasteiger partial charge in [-0.25, -0.2) is 9.18 Å². The summed E-state index contributed by atoms with van der Waals surface area (Å²) in [5.41, 5.74) is 5.10. The molecule has 1 aliphatic rings. The molecule has 4 N–H and O–H groups in total. The summed E-state index contributed by atoms with van der Waals surface area (Å²) in [5, 5.41) is 14.3. The summed E-state index contributed by atoms with van der Waals surface area (Å²) in [5.74, 6) is -2.34. The summed E-state index contributed by atoms with van der Waals surface area (Å²) in [7, 11) is 0. The first kappa shape index (κ1) is 27.9. The Morgan fingerprint density at radius 1 is 1.24 bits per heavy atom. The van der Waals surface area contributed by atoms with Gasteiger partial charge in [0.25, 0.3) is 5.91 Å². The maximum atomic E-state index is 14.7. The van der Waals surface area contributed by atoms with Crippen molar-refractivity contribution in [2.24, 2.45) is 10.9 Å². The van der Waals surface area contributed by atoms with Crippen molar-refractivity contribution in [3.05, 3.63) is 53.3 Å². The van der Waals surface area contributed by atoms with E-state index in [1.165, 1.54) is 23.1 Å². The van der Waals surface area contributed by atoms with Gasteiger partial charge < -0.3 is 30.6 Å². The van der Waals surface area contributed by atoms with Crippen molar-refractivity contribution in [3.63, 3.8) is 0 Å². The topological polar surface area (TPSA) is 126 Å². The number of thioether (sulfide) groups is 1. The smallest absolute Gasteiger partial charge is 0.444 e. The van der Waals surface area contributed by atoms with E-state index in [1.54, 1.807) is 20.8 Å². The van der Waals surface area contributed by atoms with Crippen LogP contribution in [0.25, 0.3) is 0 Å². The lowest BCUT2D eigenvalue weighted by Crippen LogP contribution is -2.50. The first-order valence-corrected chi connectivity index (χ1v) is 11.8. The molecular formula is C23H24F4N4O5S. The van der Waals surface area contributed by atoms with Crippen LogP contribution in [-0.2, 0) is 16.1 Å². The van der Waals surface area contributed by atoms with Crippen LogP contribution in [0.15, 0.2) is 46.4 Å². The summed E-state index contributed by atoms with van der Waals surface area (Å²) in [4.78, 5) is 27.5. The number of nitrogens with two attached hydrogens (primary N) is 1. The standard InChI is InChI=1S/C23H24F4N4O5S/c1-22(2,3)36-21(33)29-16-11-37-18-9-15(24)14(19(28)30-34)8-17(18)31(20(16)32)10-12-4-6-13(7-5-12)35-23(25,26)27/h4-9,16,34H,10-11H2,1-3H3,(H2,28,30)(H,29,33)/t16-/m0/s1. The number of nitrogens with one attached hydrogen (secondary N) is 1. The lowest BCUT2D eigenvalue weighted by atomic mass is 10.1. The Kier molecular flexibility index (Phi) is 8.10. The van der Waals surface area contributed by atoms with Gasteiger partial charge in [-0.1, -0.05) is 17.3 Å². The largest absolute Gasteiger partial charge is 0.573 e. The summed E-state index contributed by atoms with van der Waals surface area (Å²) >= 11 is 1.09. The maximum absolute atomic E-state index is 14.7. The van der Waals surface area contributed by atoms with Crippen LogP contribution >= 0.6 is 11.8 Å². The van der Waals surface area contributed by atoms with Crippen LogP contribution in [0.1, 0.15) is 31.9 Å². The summed E-state index contributed by atoms with van der Waals surface area (Å²) in [6.45, 7) is 4.80. The summed E-state index contributed by atoms with van der Waals surface area (Å²) in [6, 6.07) is 6.08. The van der Waals surface area contributed by atoms with Gasteiger partial charge in [0, 0.05) is 10.6 Å². The third-order valence-corrected chi connectivity index (χ3v) is 6.02. The number of alkyl halides is 3. The lowest BCUT2D eigenvalue weighted by molar-refractivity contribution is -0.274. The molecule has 2 aromatic rings. The Labute approximate surface area is 213 Å². The number of ether oxygens (including phenoxy) is 2. The second-order valence-corrected chi connectivity index (χ2v) is 9.97. The molecule has 0 saturated carbocycles. The molecule has 9 nitrogen and oxygen atoms in total. The molecule has 2 amide bonds. The minimum atomic E-state index is -4.87. The van der Waals surface area contributed by atoms with E-state index in [9.17, 15) is 27.2 Å². The first-order valence-electron chi connectivity index (χ1n) is 10.8. The van der Waals surface area contributed by atoms with E-state index in [2.05, 4.69) is 15.2 Å². The second-order valence-electron chi connectivity index (χ2n) is 8.91. The zero-order valence-corrected chi connectivity index (χ0v) is 20.7. The average molecular weight is 545 g/mol. The molecule has 0 saturated heterocycles. The van der Waals surface area contributed by atoms with Gasteiger partial charge in [0.15, 0.2) is 5.84 Å². The zero-order chi connectivity index (χ0) is 27.5. The van der Waals surface area contributed by atoms with Gasteiger partial charge in [0.1, 0.15) is 23.2 Å². The van der Waals surface area contributed by atoms with Crippen LogP contribution < -0.4 is 20.7 Å². The Balaban J connectivity index is 1.99. The van der Waals surface area contributed by atoms with Crippen LogP contribution in [0.5, 0.6) is 5.75 Å². The number of carbonyl (C=O) groups excluding carboxylic acids is 2. The van der Waals surface area contributed by atoms with Crippen molar-refractivity contribution >= 4 is 35.3 Å². The maximum Gasteiger partial charge on any atom is 0.573 e. The van der Waals surface area contributed by atoms with Gasteiger partial charge in [0.2, 0.25) is 0 Å². The number of amides is 2. The summed E-state index contributed by atoms with van der Waals surface area (Å²) < 4.78 is 61.3. The molecule has 0 spiro atoms. The van der Waals surface area contributed by atoms with E-state index >= 15 is 0 Å². The molecule has 1 heterocycles. The molecule has 200 valence electrons. The average Bonchev–Trinajstić information content (AvgIpc) is 2.89.